The van der Waals surface area contributed by atoms with Gasteiger partial charge in [0.05, 0.1) is 0 Å². The smallest absolute Gasteiger partial charge is 0.328 e. The Morgan fingerprint density at radius 3 is 2.67 bits per heavy atom. The van der Waals surface area contributed by atoms with Crippen LogP contribution in [-0.2, 0) is 22.4 Å². The minimum atomic E-state index is -1.12. The maximum atomic E-state index is 11.7. The molecule has 0 bridgehead atoms. The van der Waals surface area contributed by atoms with Crippen LogP contribution in [0.2, 0.25) is 0 Å². The molecule has 4 nitrogen and oxygen atoms in total. The zero-order chi connectivity index (χ0) is 13.1. The molecule has 0 radical (unpaired) electrons. The summed E-state index contributed by atoms with van der Waals surface area (Å²) >= 11 is 0. The van der Waals surface area contributed by atoms with E-state index in [1.54, 1.807) is 7.05 Å². The van der Waals surface area contributed by atoms with E-state index < -0.39 is 5.97 Å². The van der Waals surface area contributed by atoms with E-state index in [0.29, 0.717) is 0 Å². The maximum absolute atomic E-state index is 11.7. The first kappa shape index (κ1) is 12.4. The standard InChI is InChI=1S/C14H15NO3/c1-15(13(16)7-8-14(17)18)12-6-5-10-3-2-4-11(10)9-12/h5-9H,2-4H2,1H3,(H,17,18)/b8-7+. The lowest BCUT2D eigenvalue weighted by atomic mass is 10.1. The summed E-state index contributed by atoms with van der Waals surface area (Å²) in [6.45, 7) is 0. The number of aliphatic carboxylic acids is 1. The molecule has 0 unspecified atom stereocenters. The number of likely N-dealkylation sites (N-methyl/N-ethyl adjacent to an activating group) is 1. The Hall–Kier alpha value is -2.10. The number of hydrogen-bond acceptors (Lipinski definition) is 2. The Bertz CT molecular complexity index is 520. The molecular formula is C14H15NO3. The van der Waals surface area contributed by atoms with E-state index in [1.165, 1.54) is 16.0 Å². The summed E-state index contributed by atoms with van der Waals surface area (Å²) in [5.74, 6) is -1.46. The molecule has 2 rings (SSSR count). The number of benzene rings is 1. The summed E-state index contributed by atoms with van der Waals surface area (Å²) in [6.07, 6.45) is 5.24. The molecule has 4 heteroatoms. The van der Waals surface area contributed by atoms with Gasteiger partial charge in [-0.05, 0) is 42.5 Å². The van der Waals surface area contributed by atoms with E-state index >= 15 is 0 Å². The average Bonchev–Trinajstić information content (AvgIpc) is 2.81. The number of hydrogen-bond donors (Lipinski definition) is 1. The van der Waals surface area contributed by atoms with Crippen molar-refractivity contribution < 1.29 is 14.7 Å². The first-order chi connectivity index (χ1) is 8.58. The number of amides is 1. The number of carbonyl (C=O) groups is 2. The number of carbonyl (C=O) groups excluding carboxylic acids is 1. The zero-order valence-corrected chi connectivity index (χ0v) is 10.2. The summed E-state index contributed by atoms with van der Waals surface area (Å²) in [7, 11) is 1.64. The van der Waals surface area contributed by atoms with Crippen LogP contribution in [0.25, 0.3) is 0 Å². The quantitative estimate of drug-likeness (QED) is 0.826. The number of rotatable bonds is 3. The van der Waals surface area contributed by atoms with Crippen molar-refractivity contribution in [3.63, 3.8) is 0 Å². The zero-order valence-electron chi connectivity index (χ0n) is 10.2. The first-order valence-electron chi connectivity index (χ1n) is 5.88. The van der Waals surface area contributed by atoms with Crippen molar-refractivity contribution in [2.75, 3.05) is 11.9 Å². The van der Waals surface area contributed by atoms with Gasteiger partial charge in [0.2, 0.25) is 0 Å². The van der Waals surface area contributed by atoms with Crippen molar-refractivity contribution in [2.24, 2.45) is 0 Å². The lowest BCUT2D eigenvalue weighted by Gasteiger charge is -2.16. The van der Waals surface area contributed by atoms with Crippen LogP contribution in [0.1, 0.15) is 17.5 Å². The Morgan fingerprint density at radius 2 is 1.94 bits per heavy atom. The predicted molar refractivity (Wildman–Crippen MR) is 68.7 cm³/mol. The third kappa shape index (κ3) is 2.59. The summed E-state index contributed by atoms with van der Waals surface area (Å²) in [5.41, 5.74) is 3.44. The third-order valence-electron chi connectivity index (χ3n) is 3.17. The van der Waals surface area contributed by atoms with Crippen LogP contribution < -0.4 is 4.90 Å². The minimum Gasteiger partial charge on any atom is -0.478 e. The van der Waals surface area contributed by atoms with Gasteiger partial charge in [-0.25, -0.2) is 4.79 Å². The van der Waals surface area contributed by atoms with Crippen molar-refractivity contribution >= 4 is 17.6 Å². The second-order valence-electron chi connectivity index (χ2n) is 4.38. The molecule has 1 aromatic rings. The van der Waals surface area contributed by atoms with Crippen molar-refractivity contribution in [1.82, 2.24) is 0 Å². The van der Waals surface area contributed by atoms with Gasteiger partial charge in [-0.15, -0.1) is 0 Å². The highest BCUT2D eigenvalue weighted by molar-refractivity contribution is 6.03. The fraction of sp³-hybridized carbons (Fsp3) is 0.286. The molecule has 1 aliphatic rings. The number of carboxylic acids is 1. The molecule has 1 aromatic carbocycles. The SMILES string of the molecule is CN(C(=O)/C=C/C(=O)O)c1ccc2c(c1)CCC2. The highest BCUT2D eigenvalue weighted by Gasteiger charge is 2.14. The molecule has 94 valence electrons. The Morgan fingerprint density at radius 1 is 1.22 bits per heavy atom. The maximum Gasteiger partial charge on any atom is 0.328 e. The number of fused-ring (bicyclic) bond motifs is 1. The van der Waals surface area contributed by atoms with Crippen LogP contribution in [-0.4, -0.2) is 24.0 Å². The lowest BCUT2D eigenvalue weighted by molar-refractivity contribution is -0.131. The normalized spacial score (nSPS) is 13.6. The molecule has 18 heavy (non-hydrogen) atoms. The fourth-order valence-corrected chi connectivity index (χ4v) is 2.15. The second-order valence-corrected chi connectivity index (χ2v) is 4.38. The van der Waals surface area contributed by atoms with E-state index in [4.69, 9.17) is 5.11 Å². The van der Waals surface area contributed by atoms with Gasteiger partial charge in [0.25, 0.3) is 5.91 Å². The van der Waals surface area contributed by atoms with Gasteiger partial charge < -0.3 is 10.0 Å². The summed E-state index contributed by atoms with van der Waals surface area (Å²) < 4.78 is 0. The van der Waals surface area contributed by atoms with Crippen molar-refractivity contribution in [3.8, 4) is 0 Å². The van der Waals surface area contributed by atoms with E-state index in [0.717, 1.165) is 37.1 Å². The van der Waals surface area contributed by atoms with E-state index in [9.17, 15) is 9.59 Å². The van der Waals surface area contributed by atoms with Crippen molar-refractivity contribution in [1.29, 1.82) is 0 Å². The number of aryl methyl sites for hydroxylation is 2. The monoisotopic (exact) mass is 245 g/mol. The van der Waals surface area contributed by atoms with Crippen molar-refractivity contribution in [3.05, 3.63) is 41.5 Å². The molecule has 0 heterocycles. The van der Waals surface area contributed by atoms with Gasteiger partial charge in [-0.2, -0.15) is 0 Å². The van der Waals surface area contributed by atoms with Crippen LogP contribution in [0.4, 0.5) is 5.69 Å². The average molecular weight is 245 g/mol. The summed E-state index contributed by atoms with van der Waals surface area (Å²) in [4.78, 5) is 23.5. The number of nitrogens with zero attached hydrogens (tertiary/aromatic N) is 1. The fourth-order valence-electron chi connectivity index (χ4n) is 2.15. The molecular weight excluding hydrogens is 230 g/mol. The van der Waals surface area contributed by atoms with Crippen LogP contribution >= 0.6 is 0 Å². The Labute approximate surface area is 106 Å². The summed E-state index contributed by atoms with van der Waals surface area (Å²) in [6, 6.07) is 5.95. The van der Waals surface area contributed by atoms with Gasteiger partial charge in [0, 0.05) is 24.9 Å². The molecule has 0 aliphatic heterocycles. The molecule has 0 aromatic heterocycles. The van der Waals surface area contributed by atoms with Gasteiger partial charge >= 0.3 is 5.97 Å². The van der Waals surface area contributed by atoms with Crippen molar-refractivity contribution in [2.45, 2.75) is 19.3 Å². The minimum absolute atomic E-state index is 0.338. The Balaban J connectivity index is 2.16. The molecule has 0 saturated heterocycles. The van der Waals surface area contributed by atoms with E-state index in [2.05, 4.69) is 0 Å². The highest BCUT2D eigenvalue weighted by atomic mass is 16.4. The number of anilines is 1. The Kier molecular flexibility index (Phi) is 3.46. The van der Waals surface area contributed by atoms with Crippen LogP contribution in [0, 0.1) is 0 Å². The van der Waals surface area contributed by atoms with Crippen LogP contribution in [0.3, 0.4) is 0 Å². The summed E-state index contributed by atoms with van der Waals surface area (Å²) in [5, 5.41) is 8.48. The van der Waals surface area contributed by atoms with E-state index in [-0.39, 0.29) is 5.91 Å². The molecule has 0 atom stereocenters. The van der Waals surface area contributed by atoms with Gasteiger partial charge in [0.15, 0.2) is 0 Å². The first-order valence-corrected chi connectivity index (χ1v) is 5.88. The highest BCUT2D eigenvalue weighted by Crippen LogP contribution is 2.26. The molecule has 1 N–H and O–H groups in total. The van der Waals surface area contributed by atoms with Gasteiger partial charge in [0.1, 0.15) is 0 Å². The van der Waals surface area contributed by atoms with Crippen LogP contribution in [0.15, 0.2) is 30.4 Å². The molecule has 0 saturated carbocycles. The molecule has 0 spiro atoms. The van der Waals surface area contributed by atoms with Gasteiger partial charge in [-0.1, -0.05) is 6.07 Å². The topological polar surface area (TPSA) is 57.6 Å². The lowest BCUT2D eigenvalue weighted by Crippen LogP contribution is -2.24. The third-order valence-corrected chi connectivity index (χ3v) is 3.17. The number of carboxylic acid groups (broad SMARTS) is 1. The second kappa shape index (κ2) is 5.04. The molecule has 0 fully saturated rings. The molecule has 1 aliphatic carbocycles. The molecule has 1 amide bonds. The van der Waals surface area contributed by atoms with E-state index in [1.807, 2.05) is 18.2 Å². The largest absolute Gasteiger partial charge is 0.478 e. The predicted octanol–water partition coefficient (Wildman–Crippen LogP) is 1.78. The van der Waals surface area contributed by atoms with Crippen LogP contribution in [0.5, 0.6) is 0 Å². The van der Waals surface area contributed by atoms with Gasteiger partial charge in [-0.3, -0.25) is 4.79 Å².